The monoisotopic (exact) mass is 532 g/mol. The first-order valence-electron chi connectivity index (χ1n) is 10.7. The number of thioether (sulfide) groups is 1. The molecule has 0 radical (unpaired) electrons. The van der Waals surface area contributed by atoms with Crippen LogP contribution in [0.4, 0.5) is 0 Å². The highest BCUT2D eigenvalue weighted by Gasteiger charge is 2.24. The lowest BCUT2D eigenvalue weighted by Crippen LogP contribution is -2.42. The van der Waals surface area contributed by atoms with Crippen LogP contribution in [-0.2, 0) is 13.1 Å². The first-order valence-corrected chi connectivity index (χ1v) is 12.0. The fourth-order valence-electron chi connectivity index (χ4n) is 4.05. The number of aliphatic imine (C=N–C) groups is 1. The molecule has 2 atom stereocenters. The number of hydrogen-bond acceptors (Lipinski definition) is 4. The maximum Gasteiger partial charge on any atom is 0.191 e. The summed E-state index contributed by atoms with van der Waals surface area (Å²) in [6.45, 7) is 6.65. The second-order valence-electron chi connectivity index (χ2n) is 8.03. The van der Waals surface area contributed by atoms with Crippen molar-refractivity contribution in [1.29, 1.82) is 0 Å². The molecule has 7 heteroatoms. The molecular weight excluding hydrogens is 495 g/mol. The number of halogens is 1. The number of likely N-dealkylation sites (tertiary alicyclic amines) is 1. The van der Waals surface area contributed by atoms with Crippen LogP contribution in [0.5, 0.6) is 0 Å². The lowest BCUT2D eigenvalue weighted by Gasteiger charge is -2.29. The van der Waals surface area contributed by atoms with E-state index >= 15 is 0 Å². The van der Waals surface area contributed by atoms with Gasteiger partial charge in [0.15, 0.2) is 5.96 Å². The second kappa shape index (κ2) is 13.0. The van der Waals surface area contributed by atoms with Crippen LogP contribution < -0.4 is 10.6 Å². The van der Waals surface area contributed by atoms with Gasteiger partial charge in [0.05, 0.1) is 12.6 Å². The first-order chi connectivity index (χ1) is 13.7. The molecular formula is C22H37IN4OS. The molecule has 2 unspecified atom stereocenters. The van der Waals surface area contributed by atoms with E-state index in [0.717, 1.165) is 50.2 Å². The molecule has 1 aliphatic heterocycles. The maximum absolute atomic E-state index is 9.64. The molecule has 1 heterocycles. The molecule has 1 aromatic rings. The topological polar surface area (TPSA) is 59.9 Å². The number of rotatable bonds is 7. The highest BCUT2D eigenvalue weighted by molar-refractivity contribution is 14.0. The van der Waals surface area contributed by atoms with Crippen LogP contribution in [0.25, 0.3) is 0 Å². The molecule has 29 heavy (non-hydrogen) atoms. The van der Waals surface area contributed by atoms with Crippen molar-refractivity contribution in [3.63, 3.8) is 0 Å². The molecule has 2 aliphatic rings. The van der Waals surface area contributed by atoms with Crippen LogP contribution in [0.15, 0.2) is 29.3 Å². The Labute approximate surface area is 197 Å². The molecule has 2 fully saturated rings. The highest BCUT2D eigenvalue weighted by Crippen LogP contribution is 2.28. The molecule has 0 aromatic heterocycles. The zero-order chi connectivity index (χ0) is 19.8. The third-order valence-corrected chi connectivity index (χ3v) is 6.90. The number of aliphatic hydroxyl groups is 1. The molecule has 1 saturated carbocycles. The van der Waals surface area contributed by atoms with Crippen molar-refractivity contribution in [2.75, 3.05) is 25.9 Å². The van der Waals surface area contributed by atoms with Crippen molar-refractivity contribution in [2.45, 2.75) is 69.5 Å². The molecule has 0 bridgehead atoms. The van der Waals surface area contributed by atoms with E-state index in [0.29, 0.717) is 12.6 Å². The zero-order valence-corrected chi connectivity index (χ0v) is 20.9. The maximum atomic E-state index is 9.64. The third kappa shape index (κ3) is 8.26. The summed E-state index contributed by atoms with van der Waals surface area (Å²) in [5, 5.41) is 17.4. The Morgan fingerprint density at radius 3 is 2.45 bits per heavy atom. The van der Waals surface area contributed by atoms with Crippen molar-refractivity contribution in [3.8, 4) is 0 Å². The Hall–Kier alpha value is -0.510. The standard InChI is InChI=1S/C22H36N4OS.HI/c1-3-23-22(25-19-8-9-21(14-19)28-2)24-15-17-4-6-18(7-5-17)16-26-12-10-20(27)11-13-26;/h4-7,19-21,27H,3,8-16H2,1-2H3,(H2,23,24,25);1H. The Morgan fingerprint density at radius 2 is 1.83 bits per heavy atom. The summed E-state index contributed by atoms with van der Waals surface area (Å²) in [6, 6.07) is 9.37. The Bertz CT molecular complexity index is 620. The van der Waals surface area contributed by atoms with Crippen molar-refractivity contribution in [1.82, 2.24) is 15.5 Å². The van der Waals surface area contributed by atoms with Crippen molar-refractivity contribution < 1.29 is 5.11 Å². The lowest BCUT2D eigenvalue weighted by atomic mass is 10.1. The largest absolute Gasteiger partial charge is 0.393 e. The fraction of sp³-hybridized carbons (Fsp3) is 0.682. The molecule has 1 aliphatic carbocycles. The fourth-order valence-corrected chi connectivity index (χ4v) is 4.85. The van der Waals surface area contributed by atoms with Crippen molar-refractivity contribution in [2.24, 2.45) is 4.99 Å². The molecule has 1 saturated heterocycles. The summed E-state index contributed by atoms with van der Waals surface area (Å²) < 4.78 is 0. The second-order valence-corrected chi connectivity index (χ2v) is 9.17. The normalized spacial score (nSPS) is 23.6. The van der Waals surface area contributed by atoms with Gasteiger partial charge in [0.25, 0.3) is 0 Å². The minimum atomic E-state index is -0.105. The first kappa shape index (κ1) is 24.8. The van der Waals surface area contributed by atoms with Gasteiger partial charge in [-0.15, -0.1) is 24.0 Å². The van der Waals surface area contributed by atoms with Gasteiger partial charge >= 0.3 is 0 Å². The van der Waals surface area contributed by atoms with Gasteiger partial charge in [0.1, 0.15) is 0 Å². The van der Waals surface area contributed by atoms with E-state index < -0.39 is 0 Å². The summed E-state index contributed by atoms with van der Waals surface area (Å²) in [7, 11) is 0. The van der Waals surface area contributed by atoms with Gasteiger partial charge in [-0.05, 0) is 56.4 Å². The molecule has 0 amide bonds. The zero-order valence-electron chi connectivity index (χ0n) is 17.8. The number of hydrogen-bond donors (Lipinski definition) is 3. The van der Waals surface area contributed by atoms with E-state index in [1.807, 2.05) is 11.8 Å². The average Bonchev–Trinajstić information content (AvgIpc) is 3.17. The number of nitrogens with one attached hydrogen (secondary N) is 2. The number of aliphatic hydroxyl groups excluding tert-OH is 1. The Balaban J connectivity index is 0.00000300. The van der Waals surface area contributed by atoms with Crippen LogP contribution in [-0.4, -0.2) is 59.3 Å². The SMILES string of the molecule is CCNC(=NCc1ccc(CN2CCC(O)CC2)cc1)NC1CCC(SC)C1.I. The smallest absolute Gasteiger partial charge is 0.191 e. The molecule has 1 aromatic carbocycles. The molecule has 3 N–H and O–H groups in total. The summed E-state index contributed by atoms with van der Waals surface area (Å²) in [5.74, 6) is 0.935. The molecule has 3 rings (SSSR count). The van der Waals surface area contributed by atoms with Gasteiger partial charge in [-0.1, -0.05) is 24.3 Å². The molecule has 0 spiro atoms. The number of piperidine rings is 1. The van der Waals surface area contributed by atoms with E-state index in [-0.39, 0.29) is 30.1 Å². The van der Waals surface area contributed by atoms with Crippen molar-refractivity contribution in [3.05, 3.63) is 35.4 Å². The van der Waals surface area contributed by atoms with Gasteiger partial charge in [-0.3, -0.25) is 4.90 Å². The lowest BCUT2D eigenvalue weighted by molar-refractivity contribution is 0.0792. The van der Waals surface area contributed by atoms with Crippen molar-refractivity contribution >= 4 is 41.7 Å². The Kier molecular flexibility index (Phi) is 11.1. The summed E-state index contributed by atoms with van der Waals surface area (Å²) in [4.78, 5) is 7.23. The van der Waals surface area contributed by atoms with E-state index in [1.54, 1.807) is 0 Å². The van der Waals surface area contributed by atoms with E-state index in [9.17, 15) is 5.11 Å². The van der Waals surface area contributed by atoms with Crippen LogP contribution in [0, 0.1) is 0 Å². The minimum Gasteiger partial charge on any atom is -0.393 e. The quantitative estimate of drug-likeness (QED) is 0.285. The van der Waals surface area contributed by atoms with Crippen LogP contribution in [0.1, 0.15) is 50.2 Å². The highest BCUT2D eigenvalue weighted by atomic mass is 127. The van der Waals surface area contributed by atoms with Crippen LogP contribution in [0.2, 0.25) is 0 Å². The van der Waals surface area contributed by atoms with Crippen LogP contribution >= 0.6 is 35.7 Å². The van der Waals surface area contributed by atoms with E-state index in [2.05, 4.69) is 53.0 Å². The van der Waals surface area contributed by atoms with Gasteiger partial charge in [0, 0.05) is 37.5 Å². The van der Waals surface area contributed by atoms with E-state index in [4.69, 9.17) is 4.99 Å². The van der Waals surface area contributed by atoms with Gasteiger partial charge < -0.3 is 15.7 Å². The predicted octanol–water partition coefficient (Wildman–Crippen LogP) is 3.60. The molecule has 164 valence electrons. The predicted molar refractivity (Wildman–Crippen MR) is 135 cm³/mol. The number of nitrogens with zero attached hydrogens (tertiary/aromatic N) is 2. The Morgan fingerprint density at radius 1 is 1.14 bits per heavy atom. The van der Waals surface area contributed by atoms with Gasteiger partial charge in [-0.2, -0.15) is 11.8 Å². The van der Waals surface area contributed by atoms with Gasteiger partial charge in [0.2, 0.25) is 0 Å². The van der Waals surface area contributed by atoms with E-state index in [1.165, 1.54) is 30.4 Å². The minimum absolute atomic E-state index is 0. The van der Waals surface area contributed by atoms with Crippen LogP contribution in [0.3, 0.4) is 0 Å². The molecule has 5 nitrogen and oxygen atoms in total. The number of benzene rings is 1. The number of guanidine groups is 1. The van der Waals surface area contributed by atoms with Gasteiger partial charge in [-0.25, -0.2) is 4.99 Å². The summed E-state index contributed by atoms with van der Waals surface area (Å²) in [6.07, 6.45) is 7.66. The summed E-state index contributed by atoms with van der Waals surface area (Å²) >= 11 is 1.98. The summed E-state index contributed by atoms with van der Waals surface area (Å²) in [5.41, 5.74) is 2.58. The third-order valence-electron chi connectivity index (χ3n) is 5.81. The average molecular weight is 533 g/mol.